The Kier molecular flexibility index (Phi) is 2.38. The highest BCUT2D eigenvalue weighted by Gasteiger charge is 2.39. The molecule has 2 heterocycles. The summed E-state index contributed by atoms with van der Waals surface area (Å²) in [6, 6.07) is 2.46. The van der Waals surface area contributed by atoms with Crippen LogP contribution in [0.1, 0.15) is 17.4 Å². The zero-order chi connectivity index (χ0) is 11.9. The van der Waals surface area contributed by atoms with E-state index in [1.807, 2.05) is 0 Å². The van der Waals surface area contributed by atoms with Gasteiger partial charge in [0.25, 0.3) is 0 Å². The second kappa shape index (κ2) is 3.48. The summed E-state index contributed by atoms with van der Waals surface area (Å²) in [5.41, 5.74) is 0.891. The van der Waals surface area contributed by atoms with Crippen molar-refractivity contribution in [1.29, 1.82) is 0 Å². The predicted octanol–water partition coefficient (Wildman–Crippen LogP) is 2.24. The predicted molar refractivity (Wildman–Crippen MR) is 50.9 cm³/mol. The minimum absolute atomic E-state index is 0.203. The lowest BCUT2D eigenvalue weighted by atomic mass is 10.1. The van der Waals surface area contributed by atoms with Crippen LogP contribution < -0.4 is 0 Å². The third-order valence-corrected chi connectivity index (χ3v) is 2.23. The van der Waals surface area contributed by atoms with Crippen molar-refractivity contribution in [3.8, 4) is 0 Å². The van der Waals surface area contributed by atoms with Crippen molar-refractivity contribution in [3.63, 3.8) is 0 Å². The molecule has 0 aromatic carbocycles. The van der Waals surface area contributed by atoms with Gasteiger partial charge in [0.2, 0.25) is 0 Å². The number of rotatable bonds is 1. The van der Waals surface area contributed by atoms with E-state index in [1.165, 1.54) is 18.3 Å². The summed E-state index contributed by atoms with van der Waals surface area (Å²) in [6.45, 7) is 1.74. The van der Waals surface area contributed by atoms with E-state index < -0.39 is 12.3 Å². The van der Waals surface area contributed by atoms with Crippen LogP contribution in [0.2, 0.25) is 0 Å². The van der Waals surface area contributed by atoms with Gasteiger partial charge in [-0.3, -0.25) is 0 Å². The summed E-state index contributed by atoms with van der Waals surface area (Å²) in [6.07, 6.45) is -3.98. The maximum atomic E-state index is 12.3. The molecule has 3 nitrogen and oxygen atoms in total. The third kappa shape index (κ3) is 1.88. The molecule has 0 saturated carbocycles. The third-order valence-electron chi connectivity index (χ3n) is 2.23. The highest BCUT2D eigenvalue weighted by molar-refractivity contribution is 5.43. The van der Waals surface area contributed by atoms with E-state index in [0.717, 1.165) is 0 Å². The number of alkyl halides is 3. The van der Waals surface area contributed by atoms with Crippen molar-refractivity contribution < 1.29 is 18.3 Å². The van der Waals surface area contributed by atoms with Crippen LogP contribution >= 0.6 is 0 Å². The van der Waals surface area contributed by atoms with E-state index in [2.05, 4.69) is 4.98 Å². The minimum Gasteiger partial charge on any atom is -0.379 e. The van der Waals surface area contributed by atoms with Crippen molar-refractivity contribution >= 4 is 5.65 Å². The maximum absolute atomic E-state index is 12.3. The Bertz CT molecular complexity index is 518. The molecule has 16 heavy (non-hydrogen) atoms. The van der Waals surface area contributed by atoms with E-state index >= 15 is 0 Å². The van der Waals surface area contributed by atoms with Gasteiger partial charge in [-0.1, -0.05) is 0 Å². The lowest BCUT2D eigenvalue weighted by Gasteiger charge is -2.14. The number of hydrogen-bond donors (Lipinski definition) is 1. The summed E-state index contributed by atoms with van der Waals surface area (Å²) in [5, 5.41) is 9.06. The average Bonchev–Trinajstić information content (AvgIpc) is 2.54. The first-order valence-corrected chi connectivity index (χ1v) is 4.58. The number of aromatic nitrogens is 2. The van der Waals surface area contributed by atoms with Gasteiger partial charge in [-0.15, -0.1) is 0 Å². The van der Waals surface area contributed by atoms with Gasteiger partial charge < -0.3 is 9.51 Å². The van der Waals surface area contributed by atoms with Crippen LogP contribution in [0.5, 0.6) is 0 Å². The van der Waals surface area contributed by atoms with Gasteiger partial charge in [0, 0.05) is 12.4 Å². The zero-order valence-electron chi connectivity index (χ0n) is 8.36. The monoisotopic (exact) mass is 230 g/mol. The van der Waals surface area contributed by atoms with E-state index in [4.69, 9.17) is 5.11 Å². The first kappa shape index (κ1) is 10.9. The molecule has 0 bridgehead atoms. The fraction of sp³-hybridized carbons (Fsp3) is 0.300. The fourth-order valence-corrected chi connectivity index (χ4v) is 1.48. The number of nitrogens with zero attached hydrogens (tertiary/aromatic N) is 2. The molecule has 1 atom stereocenters. The molecule has 2 rings (SSSR count). The summed E-state index contributed by atoms with van der Waals surface area (Å²) in [7, 11) is 0. The van der Waals surface area contributed by atoms with Gasteiger partial charge in [-0.25, -0.2) is 4.98 Å². The van der Waals surface area contributed by atoms with Gasteiger partial charge in [-0.2, -0.15) is 13.2 Å². The molecular weight excluding hydrogens is 221 g/mol. The van der Waals surface area contributed by atoms with Crippen molar-refractivity contribution in [2.75, 3.05) is 0 Å². The van der Waals surface area contributed by atoms with Gasteiger partial charge >= 0.3 is 6.18 Å². The van der Waals surface area contributed by atoms with Gasteiger partial charge in [0.15, 0.2) is 6.10 Å². The Balaban J connectivity index is 2.46. The lowest BCUT2D eigenvalue weighted by Crippen LogP contribution is -2.20. The summed E-state index contributed by atoms with van der Waals surface area (Å²) in [4.78, 5) is 4.02. The van der Waals surface area contributed by atoms with Crippen LogP contribution in [0.25, 0.3) is 5.65 Å². The second-order valence-electron chi connectivity index (χ2n) is 3.55. The number of aliphatic hydroxyl groups is 1. The van der Waals surface area contributed by atoms with Crippen molar-refractivity contribution in [2.45, 2.75) is 19.2 Å². The molecular formula is C10H9F3N2O. The Hall–Kier alpha value is -1.56. The van der Waals surface area contributed by atoms with E-state index in [-0.39, 0.29) is 5.56 Å². The van der Waals surface area contributed by atoms with Crippen molar-refractivity contribution in [1.82, 2.24) is 9.38 Å². The van der Waals surface area contributed by atoms with Crippen LogP contribution in [0.3, 0.4) is 0 Å². The van der Waals surface area contributed by atoms with Crippen LogP contribution in [0, 0.1) is 6.92 Å². The van der Waals surface area contributed by atoms with Crippen LogP contribution in [0.15, 0.2) is 24.5 Å². The number of pyridine rings is 1. The van der Waals surface area contributed by atoms with Crippen LogP contribution in [-0.2, 0) is 0 Å². The Labute approximate surface area is 89.2 Å². The minimum atomic E-state index is -4.65. The van der Waals surface area contributed by atoms with Crippen LogP contribution in [-0.4, -0.2) is 20.7 Å². The standard InChI is InChI=1S/C10H9F3N2O/c1-6-5-15-3-2-7(4-8(15)14-6)9(16)10(11,12)13/h2-5,9,16H,1H3. The SMILES string of the molecule is Cc1cn2ccc(C(O)C(F)(F)F)cc2n1. The molecule has 2 aromatic heterocycles. The molecule has 6 heteroatoms. The Morgan fingerprint density at radius 2 is 2.12 bits per heavy atom. The highest BCUT2D eigenvalue weighted by atomic mass is 19.4. The lowest BCUT2D eigenvalue weighted by molar-refractivity contribution is -0.206. The summed E-state index contributed by atoms with van der Waals surface area (Å²) < 4.78 is 38.4. The molecule has 0 aliphatic rings. The van der Waals surface area contributed by atoms with E-state index in [1.54, 1.807) is 17.5 Å². The summed E-state index contributed by atoms with van der Waals surface area (Å²) >= 11 is 0. The molecule has 0 amide bonds. The molecule has 0 radical (unpaired) electrons. The van der Waals surface area contributed by atoms with E-state index in [0.29, 0.717) is 11.3 Å². The van der Waals surface area contributed by atoms with Crippen molar-refractivity contribution in [2.24, 2.45) is 0 Å². The molecule has 1 N–H and O–H groups in total. The van der Waals surface area contributed by atoms with Crippen LogP contribution in [0.4, 0.5) is 13.2 Å². The van der Waals surface area contributed by atoms with Gasteiger partial charge in [-0.05, 0) is 24.6 Å². The van der Waals surface area contributed by atoms with Crippen molar-refractivity contribution in [3.05, 3.63) is 35.8 Å². The number of fused-ring (bicyclic) bond motifs is 1. The van der Waals surface area contributed by atoms with E-state index in [9.17, 15) is 13.2 Å². The van der Waals surface area contributed by atoms with Gasteiger partial charge in [0.1, 0.15) is 5.65 Å². The highest BCUT2D eigenvalue weighted by Crippen LogP contribution is 2.32. The molecule has 0 fully saturated rings. The molecule has 1 unspecified atom stereocenters. The normalized spacial score (nSPS) is 14.3. The fourth-order valence-electron chi connectivity index (χ4n) is 1.48. The Morgan fingerprint density at radius 3 is 2.75 bits per heavy atom. The molecule has 0 spiro atoms. The number of imidazole rings is 1. The average molecular weight is 230 g/mol. The Morgan fingerprint density at radius 1 is 1.44 bits per heavy atom. The second-order valence-corrected chi connectivity index (χ2v) is 3.55. The smallest absolute Gasteiger partial charge is 0.379 e. The molecule has 86 valence electrons. The first-order chi connectivity index (χ1) is 7.38. The molecule has 0 aliphatic carbocycles. The number of halogens is 3. The molecule has 0 aliphatic heterocycles. The number of aryl methyl sites for hydroxylation is 1. The number of hydrogen-bond acceptors (Lipinski definition) is 2. The first-order valence-electron chi connectivity index (χ1n) is 4.58. The largest absolute Gasteiger partial charge is 0.418 e. The molecule has 2 aromatic rings. The number of aliphatic hydroxyl groups excluding tert-OH is 1. The summed E-state index contributed by atoms with van der Waals surface area (Å²) in [5.74, 6) is 0. The van der Waals surface area contributed by atoms with Gasteiger partial charge in [0.05, 0.1) is 5.69 Å². The maximum Gasteiger partial charge on any atom is 0.418 e. The molecule has 0 saturated heterocycles. The quantitative estimate of drug-likeness (QED) is 0.815. The zero-order valence-corrected chi connectivity index (χ0v) is 8.36. The topological polar surface area (TPSA) is 37.5 Å².